The predicted molar refractivity (Wildman–Crippen MR) is 98.1 cm³/mol. The van der Waals surface area contributed by atoms with E-state index in [4.69, 9.17) is 4.74 Å². The number of hydrogen-bond acceptors (Lipinski definition) is 6. The predicted octanol–water partition coefficient (Wildman–Crippen LogP) is 1.43. The van der Waals surface area contributed by atoms with E-state index in [-0.39, 0.29) is 5.91 Å². The van der Waals surface area contributed by atoms with Crippen LogP contribution in [0.25, 0.3) is 0 Å². The second-order valence-electron chi connectivity index (χ2n) is 5.84. The number of carbonyl (C=O) groups excluding carboxylic acids is 1. The summed E-state index contributed by atoms with van der Waals surface area (Å²) in [6, 6.07) is 7.78. The first kappa shape index (κ1) is 18.7. The average Bonchev–Trinajstić information content (AvgIpc) is 2.62. The van der Waals surface area contributed by atoms with Gasteiger partial charge in [0.2, 0.25) is 5.95 Å². The van der Waals surface area contributed by atoms with Gasteiger partial charge >= 0.3 is 0 Å². The largest absolute Gasteiger partial charge is 0.496 e. The average molecular weight is 343 g/mol. The maximum Gasteiger partial charge on any atom is 0.254 e. The zero-order chi connectivity index (χ0) is 18.1. The molecule has 0 bridgehead atoms. The molecule has 2 rings (SSSR count). The maximum absolute atomic E-state index is 12.2. The zero-order valence-corrected chi connectivity index (χ0v) is 15.0. The third-order valence-electron chi connectivity index (χ3n) is 3.63. The number of amides is 1. The van der Waals surface area contributed by atoms with Crippen LogP contribution in [0.1, 0.15) is 15.9 Å². The molecule has 0 atom stereocenters. The molecule has 0 saturated heterocycles. The standard InChI is InChI=1S/C18H25N5O2/c1-23(2)11-10-20-18-21-12-15(13-22-18)17(24)19-9-8-14-6-4-5-7-16(14)25-3/h4-7,12-13H,8-11H2,1-3H3,(H,19,24)(H,20,21,22). The van der Waals surface area contributed by atoms with Crippen molar-refractivity contribution in [3.8, 4) is 5.75 Å². The highest BCUT2D eigenvalue weighted by molar-refractivity contribution is 5.93. The summed E-state index contributed by atoms with van der Waals surface area (Å²) in [6.45, 7) is 2.15. The van der Waals surface area contributed by atoms with Crippen molar-refractivity contribution in [2.75, 3.05) is 46.2 Å². The summed E-state index contributed by atoms with van der Waals surface area (Å²) in [5.74, 6) is 1.16. The third-order valence-corrected chi connectivity index (χ3v) is 3.63. The van der Waals surface area contributed by atoms with Crippen LogP contribution in [0.2, 0.25) is 0 Å². The number of likely N-dealkylation sites (N-methyl/N-ethyl adjacent to an activating group) is 1. The molecule has 0 aliphatic rings. The van der Waals surface area contributed by atoms with Crippen molar-refractivity contribution in [1.82, 2.24) is 20.2 Å². The lowest BCUT2D eigenvalue weighted by Gasteiger charge is -2.10. The van der Waals surface area contributed by atoms with Crippen LogP contribution in [0.3, 0.4) is 0 Å². The van der Waals surface area contributed by atoms with Crippen molar-refractivity contribution >= 4 is 11.9 Å². The minimum Gasteiger partial charge on any atom is -0.496 e. The Morgan fingerprint density at radius 3 is 2.56 bits per heavy atom. The number of aromatic nitrogens is 2. The van der Waals surface area contributed by atoms with Gasteiger partial charge in [0.05, 0.1) is 12.7 Å². The molecular formula is C18H25N5O2. The highest BCUT2D eigenvalue weighted by Gasteiger charge is 2.08. The Morgan fingerprint density at radius 2 is 1.88 bits per heavy atom. The highest BCUT2D eigenvalue weighted by Crippen LogP contribution is 2.17. The Morgan fingerprint density at radius 1 is 1.16 bits per heavy atom. The number of rotatable bonds is 9. The quantitative estimate of drug-likeness (QED) is 0.717. The SMILES string of the molecule is COc1ccccc1CCNC(=O)c1cnc(NCCN(C)C)nc1. The van der Waals surface area contributed by atoms with E-state index in [9.17, 15) is 4.79 Å². The van der Waals surface area contributed by atoms with Crippen LogP contribution in [-0.4, -0.2) is 61.6 Å². The molecule has 1 aromatic heterocycles. The van der Waals surface area contributed by atoms with Crippen LogP contribution < -0.4 is 15.4 Å². The van der Waals surface area contributed by atoms with Gasteiger partial charge in [-0.3, -0.25) is 4.79 Å². The number of anilines is 1. The van der Waals surface area contributed by atoms with Crippen LogP contribution in [0.4, 0.5) is 5.95 Å². The Hall–Kier alpha value is -2.67. The van der Waals surface area contributed by atoms with E-state index in [1.807, 2.05) is 38.4 Å². The maximum atomic E-state index is 12.2. The van der Waals surface area contributed by atoms with E-state index in [0.29, 0.717) is 24.5 Å². The first-order valence-corrected chi connectivity index (χ1v) is 8.21. The number of hydrogen-bond donors (Lipinski definition) is 2. The number of benzene rings is 1. The summed E-state index contributed by atoms with van der Waals surface area (Å²) >= 11 is 0. The number of ether oxygens (including phenoxy) is 1. The van der Waals surface area contributed by atoms with E-state index in [0.717, 1.165) is 24.4 Å². The normalized spacial score (nSPS) is 10.6. The fourth-order valence-corrected chi connectivity index (χ4v) is 2.25. The molecule has 1 aromatic carbocycles. The molecule has 7 nitrogen and oxygen atoms in total. The van der Waals surface area contributed by atoms with Gasteiger partial charge in [0.25, 0.3) is 5.91 Å². The van der Waals surface area contributed by atoms with Gasteiger partial charge in [-0.2, -0.15) is 0 Å². The van der Waals surface area contributed by atoms with E-state index < -0.39 is 0 Å². The molecule has 0 aliphatic heterocycles. The number of para-hydroxylation sites is 1. The van der Waals surface area contributed by atoms with Crippen LogP contribution >= 0.6 is 0 Å². The van der Waals surface area contributed by atoms with Gasteiger partial charge in [0, 0.05) is 32.0 Å². The summed E-state index contributed by atoms with van der Waals surface area (Å²) in [7, 11) is 5.64. The zero-order valence-electron chi connectivity index (χ0n) is 15.0. The Labute approximate surface area is 148 Å². The lowest BCUT2D eigenvalue weighted by Crippen LogP contribution is -2.26. The minimum absolute atomic E-state index is 0.185. The summed E-state index contributed by atoms with van der Waals surface area (Å²) < 4.78 is 5.30. The summed E-state index contributed by atoms with van der Waals surface area (Å²) in [6.07, 6.45) is 3.76. The smallest absolute Gasteiger partial charge is 0.254 e. The summed E-state index contributed by atoms with van der Waals surface area (Å²) in [5.41, 5.74) is 1.50. The molecule has 0 saturated carbocycles. The minimum atomic E-state index is -0.185. The van der Waals surface area contributed by atoms with E-state index in [2.05, 4.69) is 25.5 Å². The molecule has 2 aromatic rings. The second kappa shape index (κ2) is 9.58. The number of nitrogens with zero attached hydrogens (tertiary/aromatic N) is 3. The molecule has 0 spiro atoms. The molecule has 0 aliphatic carbocycles. The first-order chi connectivity index (χ1) is 12.1. The lowest BCUT2D eigenvalue weighted by molar-refractivity contribution is 0.0953. The van der Waals surface area contributed by atoms with E-state index in [1.165, 1.54) is 12.4 Å². The summed E-state index contributed by atoms with van der Waals surface area (Å²) in [4.78, 5) is 22.6. The van der Waals surface area contributed by atoms with Crippen LogP contribution in [0.15, 0.2) is 36.7 Å². The highest BCUT2D eigenvalue weighted by atomic mass is 16.5. The second-order valence-corrected chi connectivity index (χ2v) is 5.84. The Bertz CT molecular complexity index is 673. The third kappa shape index (κ3) is 6.04. The van der Waals surface area contributed by atoms with E-state index >= 15 is 0 Å². The molecule has 1 amide bonds. The van der Waals surface area contributed by atoms with Gasteiger partial charge in [-0.05, 0) is 32.1 Å². The van der Waals surface area contributed by atoms with Crippen molar-refractivity contribution in [1.29, 1.82) is 0 Å². The molecule has 1 heterocycles. The Balaban J connectivity index is 1.80. The number of methoxy groups -OCH3 is 1. The van der Waals surface area contributed by atoms with Gasteiger partial charge in [0.15, 0.2) is 0 Å². The number of carbonyl (C=O) groups is 1. The molecule has 134 valence electrons. The summed E-state index contributed by atoms with van der Waals surface area (Å²) in [5, 5.41) is 5.98. The van der Waals surface area contributed by atoms with Crippen LogP contribution in [0.5, 0.6) is 5.75 Å². The van der Waals surface area contributed by atoms with Crippen LogP contribution in [0, 0.1) is 0 Å². The van der Waals surface area contributed by atoms with Crippen molar-refractivity contribution in [2.45, 2.75) is 6.42 Å². The molecule has 7 heteroatoms. The molecular weight excluding hydrogens is 318 g/mol. The topological polar surface area (TPSA) is 79.4 Å². The van der Waals surface area contributed by atoms with Crippen molar-refractivity contribution in [2.24, 2.45) is 0 Å². The fraction of sp³-hybridized carbons (Fsp3) is 0.389. The molecule has 0 unspecified atom stereocenters. The van der Waals surface area contributed by atoms with Crippen molar-refractivity contribution in [3.05, 3.63) is 47.8 Å². The van der Waals surface area contributed by atoms with Crippen molar-refractivity contribution < 1.29 is 9.53 Å². The molecule has 25 heavy (non-hydrogen) atoms. The fourth-order valence-electron chi connectivity index (χ4n) is 2.25. The molecule has 0 fully saturated rings. The number of nitrogens with one attached hydrogen (secondary N) is 2. The Kier molecular flexibility index (Phi) is 7.16. The van der Waals surface area contributed by atoms with Gasteiger partial charge < -0.3 is 20.3 Å². The van der Waals surface area contributed by atoms with Gasteiger partial charge in [-0.1, -0.05) is 18.2 Å². The van der Waals surface area contributed by atoms with Crippen LogP contribution in [-0.2, 0) is 6.42 Å². The lowest BCUT2D eigenvalue weighted by atomic mass is 10.1. The molecule has 2 N–H and O–H groups in total. The van der Waals surface area contributed by atoms with Gasteiger partial charge in [0.1, 0.15) is 5.75 Å². The van der Waals surface area contributed by atoms with Crippen molar-refractivity contribution in [3.63, 3.8) is 0 Å². The monoisotopic (exact) mass is 343 g/mol. The molecule has 0 radical (unpaired) electrons. The van der Waals surface area contributed by atoms with Gasteiger partial charge in [-0.15, -0.1) is 0 Å². The van der Waals surface area contributed by atoms with Gasteiger partial charge in [-0.25, -0.2) is 9.97 Å². The first-order valence-electron chi connectivity index (χ1n) is 8.21. The van der Waals surface area contributed by atoms with E-state index in [1.54, 1.807) is 7.11 Å².